The molecule has 0 bridgehead atoms. The molecule has 150 valence electrons. The van der Waals surface area contributed by atoms with E-state index in [9.17, 15) is 19.7 Å². The fraction of sp³-hybridized carbons (Fsp3) is 0. The van der Waals surface area contributed by atoms with Gasteiger partial charge in [-0.05, 0) is 54.1 Å². The van der Waals surface area contributed by atoms with Crippen molar-refractivity contribution in [3.63, 3.8) is 0 Å². The highest BCUT2D eigenvalue weighted by molar-refractivity contribution is 6.31. The number of carbonyl (C=O) groups is 2. The summed E-state index contributed by atoms with van der Waals surface area (Å²) in [6, 6.07) is 18.6. The van der Waals surface area contributed by atoms with Crippen LogP contribution in [0.2, 0.25) is 5.02 Å². The van der Waals surface area contributed by atoms with E-state index in [4.69, 9.17) is 11.6 Å². The summed E-state index contributed by atoms with van der Waals surface area (Å²) in [5, 5.41) is 17.6. The van der Waals surface area contributed by atoms with Gasteiger partial charge in [-0.15, -0.1) is 0 Å². The van der Waals surface area contributed by atoms with Crippen LogP contribution in [-0.2, 0) is 0 Å². The molecule has 9 heteroatoms. The third kappa shape index (κ3) is 5.49. The zero-order chi connectivity index (χ0) is 21.5. The number of amides is 2. The van der Waals surface area contributed by atoms with Crippen molar-refractivity contribution in [2.24, 2.45) is 5.10 Å². The lowest BCUT2D eigenvalue weighted by Gasteiger charge is -2.07. The Morgan fingerprint density at radius 2 is 1.60 bits per heavy atom. The molecule has 0 aliphatic heterocycles. The first kappa shape index (κ1) is 20.7. The number of halogens is 1. The molecule has 0 saturated carbocycles. The molecule has 8 nitrogen and oxygen atoms in total. The van der Waals surface area contributed by atoms with Crippen LogP contribution in [-0.4, -0.2) is 23.0 Å². The van der Waals surface area contributed by atoms with E-state index < -0.39 is 10.8 Å². The summed E-state index contributed by atoms with van der Waals surface area (Å²) in [6.45, 7) is 0. The molecule has 0 atom stereocenters. The molecule has 0 fully saturated rings. The average molecular weight is 423 g/mol. The fourth-order valence-corrected chi connectivity index (χ4v) is 2.67. The molecule has 0 aliphatic carbocycles. The summed E-state index contributed by atoms with van der Waals surface area (Å²) in [7, 11) is 0. The van der Waals surface area contributed by atoms with Crippen LogP contribution in [0.4, 0.5) is 11.4 Å². The van der Waals surface area contributed by atoms with E-state index in [1.54, 1.807) is 42.5 Å². The van der Waals surface area contributed by atoms with Crippen molar-refractivity contribution in [2.45, 2.75) is 0 Å². The smallest absolute Gasteiger partial charge is 0.271 e. The molecule has 0 spiro atoms. The highest BCUT2D eigenvalue weighted by Gasteiger charge is 2.09. The average Bonchev–Trinajstić information content (AvgIpc) is 2.74. The van der Waals surface area contributed by atoms with Crippen molar-refractivity contribution in [3.05, 3.63) is 105 Å². The number of anilines is 1. The third-order valence-corrected chi connectivity index (χ3v) is 4.19. The van der Waals surface area contributed by atoms with Gasteiger partial charge in [0.15, 0.2) is 0 Å². The number of non-ortho nitro benzene ring substituents is 1. The minimum atomic E-state index is -0.499. The third-order valence-electron chi connectivity index (χ3n) is 3.95. The Labute approximate surface area is 176 Å². The van der Waals surface area contributed by atoms with E-state index in [2.05, 4.69) is 15.8 Å². The molecule has 0 aliphatic rings. The monoisotopic (exact) mass is 422 g/mol. The van der Waals surface area contributed by atoms with Gasteiger partial charge in [-0.1, -0.05) is 23.7 Å². The normalized spacial score (nSPS) is 10.6. The second-order valence-corrected chi connectivity index (χ2v) is 6.53. The predicted molar refractivity (Wildman–Crippen MR) is 114 cm³/mol. The number of benzene rings is 3. The minimum Gasteiger partial charge on any atom is -0.322 e. The van der Waals surface area contributed by atoms with Gasteiger partial charge in [0.25, 0.3) is 17.5 Å². The molecule has 0 aromatic heterocycles. The number of hydrogen-bond donors (Lipinski definition) is 2. The Bertz CT molecular complexity index is 1130. The number of hydrazone groups is 1. The van der Waals surface area contributed by atoms with Crippen LogP contribution >= 0.6 is 11.6 Å². The summed E-state index contributed by atoms with van der Waals surface area (Å²) >= 11 is 5.90. The Morgan fingerprint density at radius 1 is 0.933 bits per heavy atom. The lowest BCUT2D eigenvalue weighted by Crippen LogP contribution is -2.18. The number of nitrogens with one attached hydrogen (secondary N) is 2. The van der Waals surface area contributed by atoms with Crippen LogP contribution < -0.4 is 10.7 Å². The summed E-state index contributed by atoms with van der Waals surface area (Å²) in [5.41, 5.74) is 4.05. The lowest BCUT2D eigenvalue weighted by molar-refractivity contribution is -0.384. The SMILES string of the molecule is O=C(N/N=C\c1ccc([N+](=O)[O-])cc1)c1cccc(NC(=O)c2cccc(Cl)c2)c1. The number of nitro benzene ring substituents is 1. The molecular formula is C21H15ClN4O4. The first-order valence-corrected chi connectivity index (χ1v) is 9.05. The van der Waals surface area contributed by atoms with Crippen LogP contribution in [0.5, 0.6) is 0 Å². The standard InChI is InChI=1S/C21H15ClN4O4/c22-17-5-1-3-15(11-17)20(27)24-18-6-2-4-16(12-18)21(28)25-23-13-14-7-9-19(10-8-14)26(29)30/h1-13H,(H,24,27)(H,25,28)/b23-13-. The Balaban J connectivity index is 1.62. The molecular weight excluding hydrogens is 408 g/mol. The van der Waals surface area contributed by atoms with Gasteiger partial charge in [0, 0.05) is 34.0 Å². The van der Waals surface area contributed by atoms with Crippen LogP contribution in [0, 0.1) is 10.1 Å². The first-order chi connectivity index (χ1) is 14.4. The van der Waals surface area contributed by atoms with Crippen molar-refractivity contribution < 1.29 is 14.5 Å². The maximum atomic E-state index is 12.3. The molecule has 0 saturated heterocycles. The summed E-state index contributed by atoms with van der Waals surface area (Å²) in [6.07, 6.45) is 1.37. The minimum absolute atomic E-state index is 0.0344. The summed E-state index contributed by atoms with van der Waals surface area (Å²) in [4.78, 5) is 34.7. The highest BCUT2D eigenvalue weighted by atomic mass is 35.5. The number of rotatable bonds is 6. The molecule has 3 aromatic rings. The summed E-state index contributed by atoms with van der Waals surface area (Å²) < 4.78 is 0. The van der Waals surface area contributed by atoms with Gasteiger partial charge in [0.05, 0.1) is 11.1 Å². The number of hydrogen-bond acceptors (Lipinski definition) is 5. The topological polar surface area (TPSA) is 114 Å². The van der Waals surface area contributed by atoms with Crippen LogP contribution in [0.25, 0.3) is 0 Å². The molecule has 3 aromatic carbocycles. The Morgan fingerprint density at radius 3 is 2.27 bits per heavy atom. The van der Waals surface area contributed by atoms with Gasteiger partial charge >= 0.3 is 0 Å². The second-order valence-electron chi connectivity index (χ2n) is 6.09. The van der Waals surface area contributed by atoms with Crippen molar-refractivity contribution in [2.75, 3.05) is 5.32 Å². The molecule has 30 heavy (non-hydrogen) atoms. The van der Waals surface area contributed by atoms with Crippen molar-refractivity contribution in [3.8, 4) is 0 Å². The van der Waals surface area contributed by atoms with Crippen LogP contribution in [0.3, 0.4) is 0 Å². The molecule has 0 radical (unpaired) electrons. The first-order valence-electron chi connectivity index (χ1n) is 8.67. The van der Waals surface area contributed by atoms with E-state index in [1.807, 2.05) is 0 Å². The van der Waals surface area contributed by atoms with Crippen LogP contribution in [0.1, 0.15) is 26.3 Å². The summed E-state index contributed by atoms with van der Waals surface area (Å²) in [5.74, 6) is -0.835. The Hall–Kier alpha value is -4.04. The fourth-order valence-electron chi connectivity index (χ4n) is 2.48. The lowest BCUT2D eigenvalue weighted by atomic mass is 10.1. The molecule has 3 rings (SSSR count). The van der Waals surface area contributed by atoms with E-state index in [0.717, 1.165) is 0 Å². The zero-order valence-electron chi connectivity index (χ0n) is 15.4. The number of nitrogens with zero attached hydrogens (tertiary/aromatic N) is 2. The van der Waals surface area contributed by atoms with E-state index in [1.165, 1.54) is 36.5 Å². The van der Waals surface area contributed by atoms with Crippen molar-refractivity contribution in [1.29, 1.82) is 0 Å². The van der Waals surface area contributed by atoms with E-state index >= 15 is 0 Å². The van der Waals surface area contributed by atoms with E-state index in [0.29, 0.717) is 27.4 Å². The maximum absolute atomic E-state index is 12.3. The molecule has 0 unspecified atom stereocenters. The molecule has 2 N–H and O–H groups in total. The van der Waals surface area contributed by atoms with Gasteiger partial charge < -0.3 is 5.32 Å². The Kier molecular flexibility index (Phi) is 6.51. The molecule has 2 amide bonds. The highest BCUT2D eigenvalue weighted by Crippen LogP contribution is 2.15. The van der Waals surface area contributed by atoms with Gasteiger partial charge in [0.1, 0.15) is 0 Å². The van der Waals surface area contributed by atoms with Crippen LogP contribution in [0.15, 0.2) is 77.9 Å². The zero-order valence-corrected chi connectivity index (χ0v) is 16.2. The quantitative estimate of drug-likeness (QED) is 0.351. The van der Waals surface area contributed by atoms with Gasteiger partial charge in [-0.25, -0.2) is 5.43 Å². The predicted octanol–water partition coefficient (Wildman–Crippen LogP) is 4.26. The maximum Gasteiger partial charge on any atom is 0.271 e. The van der Waals surface area contributed by atoms with Crippen molar-refractivity contribution in [1.82, 2.24) is 5.43 Å². The number of nitro groups is 1. The van der Waals surface area contributed by atoms with Gasteiger partial charge in [-0.3, -0.25) is 19.7 Å². The largest absolute Gasteiger partial charge is 0.322 e. The van der Waals surface area contributed by atoms with Crippen molar-refractivity contribution >= 4 is 41.0 Å². The van der Waals surface area contributed by atoms with Gasteiger partial charge in [0.2, 0.25) is 0 Å². The number of carbonyl (C=O) groups excluding carboxylic acids is 2. The molecule has 0 heterocycles. The van der Waals surface area contributed by atoms with Gasteiger partial charge in [-0.2, -0.15) is 5.10 Å². The van der Waals surface area contributed by atoms with E-state index in [-0.39, 0.29) is 11.6 Å². The second kappa shape index (κ2) is 9.44.